The summed E-state index contributed by atoms with van der Waals surface area (Å²) in [6.07, 6.45) is 0. The van der Waals surface area contributed by atoms with E-state index in [1.807, 2.05) is 0 Å². The van der Waals surface area contributed by atoms with Crippen LogP contribution in [0, 0.1) is 5.82 Å². The van der Waals surface area contributed by atoms with Crippen LogP contribution in [0.1, 0.15) is 16.1 Å². The standard InChI is InChI=1S/C22H21FN4O5/c1-31-16-6-4-5-15(13-16)14-26-21(29)19(20(28)25-9-11-32-12-10-25)24-27(22(26)30)18-8-3-2-7-17(18)23/h2-8,13H,9-12,14H2,1H3. The smallest absolute Gasteiger partial charge is 0.352 e. The number of hydrogen-bond donors (Lipinski definition) is 0. The van der Waals surface area contributed by atoms with Crippen LogP contribution in [-0.2, 0) is 11.3 Å². The second kappa shape index (κ2) is 9.15. The maximum Gasteiger partial charge on any atom is 0.352 e. The Morgan fingerprint density at radius 2 is 1.88 bits per heavy atom. The molecule has 32 heavy (non-hydrogen) atoms. The fraction of sp³-hybridized carbons (Fsp3) is 0.273. The Morgan fingerprint density at radius 3 is 2.59 bits per heavy atom. The summed E-state index contributed by atoms with van der Waals surface area (Å²) in [6, 6.07) is 12.4. The minimum absolute atomic E-state index is 0.144. The van der Waals surface area contributed by atoms with Gasteiger partial charge in [-0.2, -0.15) is 9.78 Å². The molecule has 0 radical (unpaired) electrons. The molecule has 1 saturated heterocycles. The number of nitrogens with zero attached hydrogens (tertiary/aromatic N) is 4. The molecule has 0 bridgehead atoms. The summed E-state index contributed by atoms with van der Waals surface area (Å²) in [4.78, 5) is 40.9. The maximum absolute atomic E-state index is 14.5. The number of para-hydroxylation sites is 1. The number of benzene rings is 2. The lowest BCUT2D eigenvalue weighted by molar-refractivity contribution is 0.0295. The lowest BCUT2D eigenvalue weighted by atomic mass is 10.2. The molecule has 1 aliphatic rings. The Balaban J connectivity index is 1.88. The van der Waals surface area contributed by atoms with Crippen LogP contribution in [0.25, 0.3) is 5.69 Å². The first kappa shape index (κ1) is 21.4. The van der Waals surface area contributed by atoms with Crippen molar-refractivity contribution in [2.75, 3.05) is 33.4 Å². The third-order valence-electron chi connectivity index (χ3n) is 5.12. The van der Waals surface area contributed by atoms with Crippen LogP contribution >= 0.6 is 0 Å². The van der Waals surface area contributed by atoms with E-state index in [0.29, 0.717) is 24.5 Å². The van der Waals surface area contributed by atoms with Crippen molar-refractivity contribution in [2.45, 2.75) is 6.54 Å². The molecule has 0 atom stereocenters. The molecule has 10 heteroatoms. The normalized spacial score (nSPS) is 13.8. The topological polar surface area (TPSA) is 95.7 Å². The largest absolute Gasteiger partial charge is 0.497 e. The van der Waals surface area contributed by atoms with E-state index >= 15 is 0 Å². The summed E-state index contributed by atoms with van der Waals surface area (Å²) >= 11 is 0. The Bertz CT molecular complexity index is 1260. The maximum atomic E-state index is 14.5. The van der Waals surface area contributed by atoms with Gasteiger partial charge in [0.2, 0.25) is 5.69 Å². The van der Waals surface area contributed by atoms with Crippen LogP contribution in [0.5, 0.6) is 5.75 Å². The fourth-order valence-electron chi connectivity index (χ4n) is 3.44. The molecule has 1 fully saturated rings. The summed E-state index contributed by atoms with van der Waals surface area (Å²) in [7, 11) is 1.50. The number of ether oxygens (including phenoxy) is 2. The summed E-state index contributed by atoms with van der Waals surface area (Å²) in [5.41, 5.74) is -1.73. The molecule has 9 nitrogen and oxygen atoms in total. The van der Waals surface area contributed by atoms with E-state index in [4.69, 9.17) is 9.47 Å². The van der Waals surface area contributed by atoms with Gasteiger partial charge >= 0.3 is 5.69 Å². The minimum atomic E-state index is -0.860. The number of methoxy groups -OCH3 is 1. The van der Waals surface area contributed by atoms with Crippen LogP contribution in [0.4, 0.5) is 4.39 Å². The Morgan fingerprint density at radius 1 is 1.12 bits per heavy atom. The van der Waals surface area contributed by atoms with Crippen molar-refractivity contribution in [3.05, 3.63) is 86.4 Å². The van der Waals surface area contributed by atoms with Gasteiger partial charge in [0, 0.05) is 13.1 Å². The minimum Gasteiger partial charge on any atom is -0.497 e. The van der Waals surface area contributed by atoms with Crippen LogP contribution in [0.15, 0.2) is 58.1 Å². The molecule has 4 rings (SSSR count). The molecule has 3 aromatic rings. The van der Waals surface area contributed by atoms with Gasteiger partial charge in [-0.25, -0.2) is 9.18 Å². The molecule has 0 aliphatic carbocycles. The zero-order valence-electron chi connectivity index (χ0n) is 17.4. The fourth-order valence-corrected chi connectivity index (χ4v) is 3.44. The number of hydrogen-bond acceptors (Lipinski definition) is 6. The lowest BCUT2D eigenvalue weighted by Crippen LogP contribution is -2.49. The van der Waals surface area contributed by atoms with Crippen LogP contribution in [0.3, 0.4) is 0 Å². The first-order valence-electron chi connectivity index (χ1n) is 9.98. The lowest BCUT2D eigenvalue weighted by Gasteiger charge is -2.26. The first-order chi connectivity index (χ1) is 15.5. The monoisotopic (exact) mass is 440 g/mol. The molecule has 0 saturated carbocycles. The predicted octanol–water partition coefficient (Wildman–Crippen LogP) is 1.06. The number of carbonyl (C=O) groups excluding carboxylic acids is 1. The van der Waals surface area contributed by atoms with Crippen LogP contribution in [0.2, 0.25) is 0 Å². The van der Waals surface area contributed by atoms with Gasteiger partial charge in [-0.1, -0.05) is 24.3 Å². The van der Waals surface area contributed by atoms with Gasteiger partial charge in [-0.3, -0.25) is 14.2 Å². The highest BCUT2D eigenvalue weighted by atomic mass is 19.1. The molecular weight excluding hydrogens is 419 g/mol. The molecule has 2 aromatic carbocycles. The second-order valence-corrected chi connectivity index (χ2v) is 7.14. The Hall–Kier alpha value is -3.79. The first-order valence-corrected chi connectivity index (χ1v) is 9.98. The molecule has 1 aromatic heterocycles. The van der Waals surface area contributed by atoms with E-state index < -0.39 is 28.7 Å². The van der Waals surface area contributed by atoms with Crippen LogP contribution in [-0.4, -0.2) is 58.6 Å². The third-order valence-corrected chi connectivity index (χ3v) is 5.12. The van der Waals surface area contributed by atoms with Crippen molar-refractivity contribution in [2.24, 2.45) is 0 Å². The van der Waals surface area contributed by atoms with E-state index in [1.54, 1.807) is 24.3 Å². The zero-order chi connectivity index (χ0) is 22.7. The van der Waals surface area contributed by atoms with Gasteiger partial charge in [0.25, 0.3) is 11.5 Å². The van der Waals surface area contributed by atoms with Crippen molar-refractivity contribution in [3.8, 4) is 11.4 Å². The number of rotatable bonds is 5. The number of halogens is 1. The summed E-state index contributed by atoms with van der Waals surface area (Å²) < 4.78 is 26.6. The van der Waals surface area contributed by atoms with Gasteiger partial charge in [-0.15, -0.1) is 0 Å². The number of amides is 1. The van der Waals surface area contributed by atoms with Crippen molar-refractivity contribution in [3.63, 3.8) is 0 Å². The van der Waals surface area contributed by atoms with E-state index in [9.17, 15) is 18.8 Å². The number of morpholine rings is 1. The molecule has 0 unspecified atom stereocenters. The molecule has 2 heterocycles. The highest BCUT2D eigenvalue weighted by Gasteiger charge is 2.26. The summed E-state index contributed by atoms with van der Waals surface area (Å²) in [5.74, 6) is -0.801. The SMILES string of the molecule is COc1cccc(Cn2c(=O)c(C(=O)N3CCOCC3)nn(-c3ccccc3F)c2=O)c1. The van der Waals surface area contributed by atoms with Crippen molar-refractivity contribution in [1.29, 1.82) is 0 Å². The Kier molecular flexibility index (Phi) is 6.13. The van der Waals surface area contributed by atoms with Gasteiger partial charge < -0.3 is 14.4 Å². The van der Waals surface area contributed by atoms with Crippen molar-refractivity contribution < 1.29 is 18.7 Å². The quantitative estimate of drug-likeness (QED) is 0.589. The predicted molar refractivity (Wildman–Crippen MR) is 113 cm³/mol. The molecule has 166 valence electrons. The average molecular weight is 440 g/mol. The van der Waals surface area contributed by atoms with Gasteiger partial charge in [0.05, 0.1) is 26.9 Å². The van der Waals surface area contributed by atoms with E-state index in [2.05, 4.69) is 5.10 Å². The number of carbonyl (C=O) groups is 1. The molecular formula is C22H21FN4O5. The highest BCUT2D eigenvalue weighted by Crippen LogP contribution is 2.14. The van der Waals surface area contributed by atoms with E-state index in [1.165, 1.54) is 36.3 Å². The molecule has 1 aliphatic heterocycles. The molecule has 0 spiro atoms. The third kappa shape index (κ3) is 4.17. The summed E-state index contributed by atoms with van der Waals surface area (Å²) in [6.45, 7) is 1.09. The molecule has 0 N–H and O–H groups in total. The summed E-state index contributed by atoms with van der Waals surface area (Å²) in [5, 5.41) is 3.99. The Labute approximate surface area is 182 Å². The van der Waals surface area contributed by atoms with E-state index in [-0.39, 0.29) is 25.3 Å². The van der Waals surface area contributed by atoms with E-state index in [0.717, 1.165) is 9.25 Å². The number of aromatic nitrogens is 3. The second-order valence-electron chi connectivity index (χ2n) is 7.14. The van der Waals surface area contributed by atoms with Gasteiger partial charge in [-0.05, 0) is 29.8 Å². The highest BCUT2D eigenvalue weighted by molar-refractivity contribution is 5.91. The molecule has 1 amide bonds. The average Bonchev–Trinajstić information content (AvgIpc) is 2.83. The van der Waals surface area contributed by atoms with Crippen molar-refractivity contribution in [1.82, 2.24) is 19.2 Å². The van der Waals surface area contributed by atoms with Crippen LogP contribution < -0.4 is 16.0 Å². The van der Waals surface area contributed by atoms with Gasteiger partial charge in [0.1, 0.15) is 17.3 Å². The zero-order valence-corrected chi connectivity index (χ0v) is 17.4. The van der Waals surface area contributed by atoms with Gasteiger partial charge in [0.15, 0.2) is 0 Å². The van der Waals surface area contributed by atoms with Crippen molar-refractivity contribution >= 4 is 5.91 Å².